The van der Waals surface area contributed by atoms with E-state index < -0.39 is 0 Å². The van der Waals surface area contributed by atoms with Gasteiger partial charge in [0.1, 0.15) is 0 Å². The van der Waals surface area contributed by atoms with Crippen molar-refractivity contribution < 1.29 is 18.9 Å². The van der Waals surface area contributed by atoms with Crippen molar-refractivity contribution in [1.82, 2.24) is 0 Å². The summed E-state index contributed by atoms with van der Waals surface area (Å²) in [7, 11) is 0. The summed E-state index contributed by atoms with van der Waals surface area (Å²) in [6, 6.07) is 0. The summed E-state index contributed by atoms with van der Waals surface area (Å²) < 4.78 is 22.7. The van der Waals surface area contributed by atoms with Gasteiger partial charge in [-0.1, -0.05) is 46.5 Å². The lowest BCUT2D eigenvalue weighted by molar-refractivity contribution is -0.0810. The summed E-state index contributed by atoms with van der Waals surface area (Å²) >= 11 is 0. The highest BCUT2D eigenvalue weighted by atomic mass is 16.7. The van der Waals surface area contributed by atoms with Crippen molar-refractivity contribution in [1.29, 1.82) is 0 Å². The predicted octanol–water partition coefficient (Wildman–Crippen LogP) is 5.38. The van der Waals surface area contributed by atoms with Crippen molar-refractivity contribution in [2.24, 2.45) is 0 Å². The average Bonchev–Trinajstić information content (AvgIpc) is 2.53. The first kappa shape index (κ1) is 21.1. The first-order chi connectivity index (χ1) is 10.8. The molecule has 0 aromatic carbocycles. The minimum Gasteiger partial charge on any atom is -0.491 e. The second-order valence-corrected chi connectivity index (χ2v) is 5.33. The van der Waals surface area contributed by atoms with Gasteiger partial charge >= 0.3 is 5.95 Å². The van der Waals surface area contributed by atoms with E-state index in [2.05, 4.69) is 20.8 Å². The maximum absolute atomic E-state index is 5.93. The molecule has 0 bridgehead atoms. The van der Waals surface area contributed by atoms with Gasteiger partial charge in [-0.25, -0.2) is 0 Å². The quantitative estimate of drug-likeness (QED) is 0.218. The molecule has 0 spiro atoms. The van der Waals surface area contributed by atoms with Crippen molar-refractivity contribution in [3.05, 3.63) is 11.7 Å². The van der Waals surface area contributed by atoms with Crippen LogP contribution in [-0.4, -0.2) is 26.6 Å². The zero-order chi connectivity index (χ0) is 16.5. The average molecular weight is 316 g/mol. The first-order valence-corrected chi connectivity index (χ1v) is 8.99. The molecule has 0 aromatic heterocycles. The molecule has 0 aromatic rings. The summed E-state index contributed by atoms with van der Waals surface area (Å²) in [5, 5.41) is 0. The molecule has 0 rings (SSSR count). The van der Waals surface area contributed by atoms with E-state index in [-0.39, 0.29) is 6.79 Å². The summed E-state index contributed by atoms with van der Waals surface area (Å²) in [5.74, 6) is 1.37. The van der Waals surface area contributed by atoms with Crippen molar-refractivity contribution in [3.8, 4) is 0 Å². The second kappa shape index (κ2) is 16.5. The minimum atomic E-state index is 0.215. The number of hydrogen-bond acceptors (Lipinski definition) is 4. The van der Waals surface area contributed by atoms with Crippen LogP contribution in [0.15, 0.2) is 11.7 Å². The number of ether oxygens (including phenoxy) is 4. The zero-order valence-corrected chi connectivity index (χ0v) is 15.1. The van der Waals surface area contributed by atoms with Crippen molar-refractivity contribution in [2.75, 3.05) is 26.6 Å². The van der Waals surface area contributed by atoms with E-state index in [1.165, 1.54) is 12.8 Å². The Balaban J connectivity index is 4.69. The van der Waals surface area contributed by atoms with Crippen LogP contribution in [0.25, 0.3) is 0 Å². The Kier molecular flexibility index (Phi) is 15.8. The molecule has 0 aliphatic heterocycles. The van der Waals surface area contributed by atoms with Crippen LogP contribution >= 0.6 is 0 Å². The van der Waals surface area contributed by atoms with Gasteiger partial charge < -0.3 is 18.9 Å². The molecule has 4 heteroatoms. The van der Waals surface area contributed by atoms with Crippen LogP contribution in [-0.2, 0) is 18.9 Å². The van der Waals surface area contributed by atoms with Crippen LogP contribution in [0.4, 0.5) is 0 Å². The smallest absolute Gasteiger partial charge is 0.321 e. The molecule has 22 heavy (non-hydrogen) atoms. The molecular weight excluding hydrogens is 280 g/mol. The lowest BCUT2D eigenvalue weighted by atomic mass is 10.2. The molecule has 0 atom stereocenters. The Bertz CT molecular complexity index is 214. The number of unbranched alkanes of at least 4 members (excludes halogenated alkanes) is 4. The molecular formula is C18H36O4. The highest BCUT2D eigenvalue weighted by Crippen LogP contribution is 2.18. The van der Waals surface area contributed by atoms with Crippen molar-refractivity contribution in [2.45, 2.75) is 79.1 Å². The van der Waals surface area contributed by atoms with Gasteiger partial charge in [-0.3, -0.25) is 0 Å². The summed E-state index contributed by atoms with van der Waals surface area (Å²) in [5.41, 5.74) is 0. The maximum Gasteiger partial charge on any atom is 0.321 e. The van der Waals surface area contributed by atoms with E-state index in [9.17, 15) is 0 Å². The largest absolute Gasteiger partial charge is 0.491 e. The molecule has 0 saturated carbocycles. The van der Waals surface area contributed by atoms with Crippen LogP contribution in [0.1, 0.15) is 79.1 Å². The molecule has 0 amide bonds. The monoisotopic (exact) mass is 316 g/mol. The van der Waals surface area contributed by atoms with E-state index in [4.69, 9.17) is 18.9 Å². The summed E-state index contributed by atoms with van der Waals surface area (Å²) in [6.07, 6.45) is 8.61. The molecule has 0 aliphatic rings. The fourth-order valence-corrected chi connectivity index (χ4v) is 1.80. The number of rotatable bonds is 16. The second-order valence-electron chi connectivity index (χ2n) is 5.33. The Labute approximate surface area is 137 Å². The van der Waals surface area contributed by atoms with Gasteiger partial charge in [0.15, 0.2) is 12.6 Å². The van der Waals surface area contributed by atoms with Crippen molar-refractivity contribution >= 4 is 0 Å². The third-order valence-electron chi connectivity index (χ3n) is 3.22. The predicted molar refractivity (Wildman–Crippen MR) is 90.5 cm³/mol. The standard InChI is InChI=1S/C18H36O4/c1-5-9-12-13-17(20-14-10-6-2)18(21-15-11-7-3)22-16-19-8-4/h5-16H2,1-4H3/b18-17-. The van der Waals surface area contributed by atoms with Gasteiger partial charge in [-0.2, -0.15) is 0 Å². The molecule has 4 nitrogen and oxygen atoms in total. The highest BCUT2D eigenvalue weighted by Gasteiger charge is 2.12. The zero-order valence-electron chi connectivity index (χ0n) is 15.1. The number of allylic oxidation sites excluding steroid dienone is 1. The Hall–Kier alpha value is -0.900. The lowest BCUT2D eigenvalue weighted by Gasteiger charge is -2.17. The molecule has 0 aliphatic carbocycles. The highest BCUT2D eigenvalue weighted by molar-refractivity contribution is 4.95. The summed E-state index contributed by atoms with van der Waals surface area (Å²) in [4.78, 5) is 0. The third-order valence-corrected chi connectivity index (χ3v) is 3.22. The molecule has 132 valence electrons. The molecule has 0 heterocycles. The van der Waals surface area contributed by atoms with Crippen LogP contribution in [0.5, 0.6) is 0 Å². The van der Waals surface area contributed by atoms with Gasteiger partial charge in [0.2, 0.25) is 0 Å². The molecule has 0 unspecified atom stereocenters. The van der Waals surface area contributed by atoms with Crippen LogP contribution in [0.2, 0.25) is 0 Å². The van der Waals surface area contributed by atoms with Gasteiger partial charge in [0.25, 0.3) is 0 Å². The number of hydrogen-bond donors (Lipinski definition) is 0. The van der Waals surface area contributed by atoms with Crippen LogP contribution < -0.4 is 0 Å². The Morgan fingerprint density at radius 3 is 1.91 bits per heavy atom. The van der Waals surface area contributed by atoms with E-state index in [0.717, 1.165) is 50.9 Å². The Morgan fingerprint density at radius 2 is 1.32 bits per heavy atom. The van der Waals surface area contributed by atoms with E-state index in [0.29, 0.717) is 19.2 Å². The lowest BCUT2D eigenvalue weighted by Crippen LogP contribution is -2.10. The van der Waals surface area contributed by atoms with Gasteiger partial charge in [-0.05, 0) is 26.2 Å². The van der Waals surface area contributed by atoms with Crippen LogP contribution in [0.3, 0.4) is 0 Å². The SMILES string of the molecule is CCCCC/C(OCCCC)=C(\OCCCC)OCOCC. The van der Waals surface area contributed by atoms with Crippen molar-refractivity contribution in [3.63, 3.8) is 0 Å². The van der Waals surface area contributed by atoms with Gasteiger partial charge in [0.05, 0.1) is 13.2 Å². The fourth-order valence-electron chi connectivity index (χ4n) is 1.80. The van der Waals surface area contributed by atoms with Gasteiger partial charge in [0, 0.05) is 13.0 Å². The molecule has 0 N–H and O–H groups in total. The Morgan fingerprint density at radius 1 is 0.682 bits per heavy atom. The normalized spacial score (nSPS) is 12.0. The van der Waals surface area contributed by atoms with E-state index in [1.54, 1.807) is 0 Å². The molecule has 0 saturated heterocycles. The maximum atomic E-state index is 5.93. The summed E-state index contributed by atoms with van der Waals surface area (Å²) in [6.45, 7) is 10.7. The van der Waals surface area contributed by atoms with E-state index >= 15 is 0 Å². The molecule has 0 fully saturated rings. The first-order valence-electron chi connectivity index (χ1n) is 8.99. The topological polar surface area (TPSA) is 36.9 Å². The third kappa shape index (κ3) is 11.7. The van der Waals surface area contributed by atoms with Gasteiger partial charge in [-0.15, -0.1) is 0 Å². The van der Waals surface area contributed by atoms with E-state index in [1.807, 2.05) is 6.92 Å². The minimum absolute atomic E-state index is 0.215. The van der Waals surface area contributed by atoms with Crippen LogP contribution in [0, 0.1) is 0 Å². The molecule has 0 radical (unpaired) electrons. The fraction of sp³-hybridized carbons (Fsp3) is 0.889.